The normalized spacial score (nSPS) is 16.0. The number of thioether (sulfide) groups is 1. The number of rotatable bonds is 8. The van der Waals surface area contributed by atoms with E-state index in [1.807, 2.05) is 37.3 Å². The van der Waals surface area contributed by atoms with Crippen LogP contribution < -0.4 is 5.32 Å². The molecule has 134 valence electrons. The molecular formula is C19H26N4OS. The van der Waals surface area contributed by atoms with E-state index in [0.717, 1.165) is 23.7 Å². The van der Waals surface area contributed by atoms with E-state index in [4.69, 9.17) is 0 Å². The molecule has 6 heteroatoms. The molecule has 1 aromatic carbocycles. The Balaban J connectivity index is 1.42. The van der Waals surface area contributed by atoms with Gasteiger partial charge in [-0.2, -0.15) is 0 Å². The van der Waals surface area contributed by atoms with E-state index in [1.54, 1.807) is 0 Å². The van der Waals surface area contributed by atoms with Crippen LogP contribution in [-0.2, 0) is 17.8 Å². The number of amides is 1. The molecule has 1 amide bonds. The van der Waals surface area contributed by atoms with Crippen molar-refractivity contribution in [3.05, 3.63) is 41.7 Å². The lowest BCUT2D eigenvalue weighted by Gasteiger charge is -2.10. The maximum atomic E-state index is 12.2. The molecule has 0 saturated heterocycles. The number of nitrogens with one attached hydrogen (secondary N) is 2. The summed E-state index contributed by atoms with van der Waals surface area (Å²) in [7, 11) is 0. The highest BCUT2D eigenvalue weighted by molar-refractivity contribution is 8.00. The van der Waals surface area contributed by atoms with Gasteiger partial charge in [0.2, 0.25) is 11.1 Å². The highest BCUT2D eigenvalue weighted by atomic mass is 32.2. The fourth-order valence-corrected chi connectivity index (χ4v) is 3.99. The number of aromatic nitrogens is 3. The summed E-state index contributed by atoms with van der Waals surface area (Å²) in [5.74, 6) is 1.79. The van der Waals surface area contributed by atoms with Crippen LogP contribution in [0.15, 0.2) is 35.5 Å². The smallest absolute Gasteiger partial charge is 0.233 e. The minimum atomic E-state index is -0.220. The fraction of sp³-hybridized carbons (Fsp3) is 0.526. The monoisotopic (exact) mass is 358 g/mol. The van der Waals surface area contributed by atoms with Crippen LogP contribution in [0.2, 0.25) is 0 Å². The van der Waals surface area contributed by atoms with Gasteiger partial charge in [0.05, 0.1) is 5.25 Å². The number of carbonyl (C=O) groups is 1. The second kappa shape index (κ2) is 9.04. The van der Waals surface area contributed by atoms with Gasteiger partial charge in [0, 0.05) is 13.0 Å². The first-order chi connectivity index (χ1) is 12.2. The van der Waals surface area contributed by atoms with Crippen molar-refractivity contribution in [2.75, 3.05) is 0 Å². The third-order valence-corrected chi connectivity index (χ3v) is 5.70. The Morgan fingerprint density at radius 2 is 2.08 bits per heavy atom. The molecule has 25 heavy (non-hydrogen) atoms. The van der Waals surface area contributed by atoms with Gasteiger partial charge in [0.1, 0.15) is 5.82 Å². The van der Waals surface area contributed by atoms with Crippen molar-refractivity contribution in [1.29, 1.82) is 0 Å². The van der Waals surface area contributed by atoms with E-state index in [9.17, 15) is 4.79 Å². The van der Waals surface area contributed by atoms with E-state index in [0.29, 0.717) is 11.7 Å². The molecule has 2 N–H and O–H groups in total. The number of aromatic amines is 1. The van der Waals surface area contributed by atoms with E-state index < -0.39 is 0 Å². The predicted molar refractivity (Wildman–Crippen MR) is 100 cm³/mol. The molecule has 0 radical (unpaired) electrons. The summed E-state index contributed by atoms with van der Waals surface area (Å²) >= 11 is 1.40. The predicted octanol–water partition coefficient (Wildman–Crippen LogP) is 3.72. The second-order valence-corrected chi connectivity index (χ2v) is 8.03. The fourth-order valence-electron chi connectivity index (χ4n) is 3.22. The highest BCUT2D eigenvalue weighted by Gasteiger charge is 2.18. The molecule has 1 aliphatic rings. The molecule has 1 aromatic heterocycles. The van der Waals surface area contributed by atoms with Gasteiger partial charge in [0.25, 0.3) is 0 Å². The molecule has 3 rings (SSSR count). The molecule has 1 heterocycles. The van der Waals surface area contributed by atoms with Gasteiger partial charge in [-0.1, -0.05) is 67.8 Å². The zero-order chi connectivity index (χ0) is 17.5. The van der Waals surface area contributed by atoms with E-state index in [1.165, 1.54) is 43.9 Å². The summed E-state index contributed by atoms with van der Waals surface area (Å²) in [5, 5.41) is 10.7. The van der Waals surface area contributed by atoms with Crippen LogP contribution >= 0.6 is 11.8 Å². The topological polar surface area (TPSA) is 70.7 Å². The summed E-state index contributed by atoms with van der Waals surface area (Å²) in [6.07, 6.45) is 7.59. The minimum absolute atomic E-state index is 0.00570. The molecule has 2 aromatic rings. The number of benzene rings is 1. The number of carbonyl (C=O) groups excluding carboxylic acids is 1. The van der Waals surface area contributed by atoms with E-state index in [2.05, 4.69) is 20.5 Å². The maximum Gasteiger partial charge on any atom is 0.233 e. The summed E-state index contributed by atoms with van der Waals surface area (Å²) in [5.41, 5.74) is 1.10. The van der Waals surface area contributed by atoms with Crippen LogP contribution in [-0.4, -0.2) is 26.3 Å². The summed E-state index contributed by atoms with van der Waals surface area (Å²) in [6, 6.07) is 9.92. The second-order valence-electron chi connectivity index (χ2n) is 6.72. The average molecular weight is 359 g/mol. The van der Waals surface area contributed by atoms with Crippen molar-refractivity contribution in [2.45, 2.75) is 62.4 Å². The standard InChI is InChI=1S/C19H26N4OS/c1-14(18(24)20-13-16-9-3-2-4-10-16)25-19-21-17(22-23-19)12-11-15-7-5-6-8-15/h2-4,9-10,14-15H,5-8,11-13H2,1H3,(H,20,24)(H,21,22,23). The molecule has 1 saturated carbocycles. The van der Waals surface area contributed by atoms with Crippen LogP contribution in [0.25, 0.3) is 0 Å². The van der Waals surface area contributed by atoms with E-state index in [-0.39, 0.29) is 11.2 Å². The van der Waals surface area contributed by atoms with Crippen molar-refractivity contribution in [1.82, 2.24) is 20.5 Å². The summed E-state index contributed by atoms with van der Waals surface area (Å²) in [6.45, 7) is 2.44. The number of nitrogens with zero attached hydrogens (tertiary/aromatic N) is 2. The van der Waals surface area contributed by atoms with Crippen LogP contribution in [0, 0.1) is 5.92 Å². The molecule has 0 spiro atoms. The van der Waals surface area contributed by atoms with Crippen molar-refractivity contribution in [2.24, 2.45) is 5.92 Å². The first kappa shape index (κ1) is 18.0. The lowest BCUT2D eigenvalue weighted by atomic mass is 10.0. The van der Waals surface area contributed by atoms with Crippen LogP contribution in [0.1, 0.15) is 50.4 Å². The third kappa shape index (κ3) is 5.59. The van der Waals surface area contributed by atoms with Crippen molar-refractivity contribution >= 4 is 17.7 Å². The van der Waals surface area contributed by atoms with Gasteiger partial charge in [-0.05, 0) is 24.8 Å². The van der Waals surface area contributed by atoms with Crippen molar-refractivity contribution in [3.63, 3.8) is 0 Å². The maximum absolute atomic E-state index is 12.2. The van der Waals surface area contributed by atoms with Gasteiger partial charge in [-0.25, -0.2) is 4.98 Å². The molecule has 1 atom stereocenters. The Hall–Kier alpha value is -1.82. The molecule has 5 nitrogen and oxygen atoms in total. The van der Waals surface area contributed by atoms with Crippen LogP contribution in [0.5, 0.6) is 0 Å². The largest absolute Gasteiger partial charge is 0.351 e. The quantitative estimate of drug-likeness (QED) is 0.706. The first-order valence-electron chi connectivity index (χ1n) is 9.10. The highest BCUT2D eigenvalue weighted by Crippen LogP contribution is 2.28. The number of hydrogen-bond donors (Lipinski definition) is 2. The molecule has 1 unspecified atom stereocenters. The summed E-state index contributed by atoms with van der Waals surface area (Å²) < 4.78 is 0. The van der Waals surface area contributed by atoms with Crippen LogP contribution in [0.3, 0.4) is 0 Å². The number of H-pyrrole nitrogens is 1. The Bertz CT molecular complexity index is 667. The Labute approximate surface area is 153 Å². The van der Waals surface area contributed by atoms with Crippen molar-refractivity contribution < 1.29 is 4.79 Å². The van der Waals surface area contributed by atoms with Crippen LogP contribution in [0.4, 0.5) is 0 Å². The third-order valence-electron chi connectivity index (χ3n) is 4.74. The van der Waals surface area contributed by atoms with Gasteiger partial charge in [0.15, 0.2) is 0 Å². The van der Waals surface area contributed by atoms with Gasteiger partial charge in [-0.15, -0.1) is 5.10 Å². The molecule has 0 bridgehead atoms. The Kier molecular flexibility index (Phi) is 6.50. The summed E-state index contributed by atoms with van der Waals surface area (Å²) in [4.78, 5) is 16.8. The number of hydrogen-bond acceptors (Lipinski definition) is 4. The lowest BCUT2D eigenvalue weighted by Crippen LogP contribution is -2.30. The Morgan fingerprint density at radius 1 is 1.32 bits per heavy atom. The zero-order valence-corrected chi connectivity index (χ0v) is 15.5. The SMILES string of the molecule is CC(Sc1n[nH]c(CCC2CCCC2)n1)C(=O)NCc1ccccc1. The van der Waals surface area contributed by atoms with Crippen molar-refractivity contribution in [3.8, 4) is 0 Å². The molecule has 0 aliphatic heterocycles. The van der Waals surface area contributed by atoms with Gasteiger partial charge < -0.3 is 5.32 Å². The minimum Gasteiger partial charge on any atom is -0.351 e. The van der Waals surface area contributed by atoms with E-state index >= 15 is 0 Å². The molecule has 1 aliphatic carbocycles. The zero-order valence-electron chi connectivity index (χ0n) is 14.7. The van der Waals surface area contributed by atoms with Gasteiger partial charge in [-0.3, -0.25) is 9.89 Å². The Morgan fingerprint density at radius 3 is 2.84 bits per heavy atom. The first-order valence-corrected chi connectivity index (χ1v) is 9.98. The average Bonchev–Trinajstić information content (AvgIpc) is 3.30. The lowest BCUT2D eigenvalue weighted by molar-refractivity contribution is -0.120. The number of aryl methyl sites for hydroxylation is 1. The van der Waals surface area contributed by atoms with Gasteiger partial charge >= 0.3 is 0 Å². The molecular weight excluding hydrogens is 332 g/mol. The molecule has 1 fully saturated rings.